The molecule has 4 amide bonds. The second-order valence-electron chi connectivity index (χ2n) is 6.27. The van der Waals surface area contributed by atoms with Gasteiger partial charge in [-0.1, -0.05) is 12.1 Å². The lowest BCUT2D eigenvalue weighted by Gasteiger charge is -2.22. The number of nitrogens with zero attached hydrogens (tertiary/aromatic N) is 2. The van der Waals surface area contributed by atoms with Gasteiger partial charge in [-0.3, -0.25) is 19.6 Å². The van der Waals surface area contributed by atoms with Crippen LogP contribution in [0.1, 0.15) is 24.1 Å². The second-order valence-corrected chi connectivity index (χ2v) is 6.27. The highest BCUT2D eigenvalue weighted by Gasteiger charge is 2.43. The molecule has 1 fully saturated rings. The fourth-order valence-electron chi connectivity index (χ4n) is 2.91. The van der Waals surface area contributed by atoms with E-state index in [0.717, 1.165) is 5.56 Å². The molecular formula is C17H21ClN6O3. The molecule has 3 rings (SSSR count). The fraction of sp³-hybridized carbons (Fsp3) is 0.294. The number of hydrogen-bond acceptors (Lipinski definition) is 5. The maximum absolute atomic E-state index is 12.6. The summed E-state index contributed by atoms with van der Waals surface area (Å²) in [6, 6.07) is 5.70. The average Bonchev–Trinajstić information content (AvgIpc) is 3.12. The molecule has 0 aliphatic carbocycles. The Labute approximate surface area is 162 Å². The van der Waals surface area contributed by atoms with Crippen LogP contribution in [0, 0.1) is 0 Å². The lowest BCUT2D eigenvalue weighted by molar-refractivity contribution is -0.123. The number of hydrogen-bond donors (Lipinski definition) is 4. The van der Waals surface area contributed by atoms with Gasteiger partial charge < -0.3 is 16.0 Å². The van der Waals surface area contributed by atoms with Crippen LogP contribution in [0.15, 0.2) is 36.7 Å². The first-order valence-electron chi connectivity index (χ1n) is 8.04. The van der Waals surface area contributed by atoms with E-state index in [2.05, 4.69) is 26.4 Å². The zero-order valence-electron chi connectivity index (χ0n) is 15.1. The molecule has 144 valence electrons. The normalized spacial score (nSPS) is 19.7. The molecule has 10 heteroatoms. The van der Waals surface area contributed by atoms with E-state index >= 15 is 0 Å². The summed E-state index contributed by atoms with van der Waals surface area (Å²) in [5, 5.41) is 14.7. The lowest BCUT2D eigenvalue weighted by atomic mass is 9.92. The van der Waals surface area contributed by atoms with E-state index in [9.17, 15) is 14.4 Å². The van der Waals surface area contributed by atoms with Crippen LogP contribution in [-0.2, 0) is 22.2 Å². The minimum atomic E-state index is -1.18. The highest BCUT2D eigenvalue weighted by Crippen LogP contribution is 2.27. The number of anilines is 1. The number of benzene rings is 1. The van der Waals surface area contributed by atoms with Gasteiger partial charge in [-0.05, 0) is 31.7 Å². The topological polar surface area (TPSA) is 117 Å². The molecule has 0 saturated carbocycles. The monoisotopic (exact) mass is 392 g/mol. The summed E-state index contributed by atoms with van der Waals surface area (Å²) in [5.41, 5.74) is 0.648. The van der Waals surface area contributed by atoms with E-state index in [-0.39, 0.29) is 18.3 Å². The van der Waals surface area contributed by atoms with Crippen LogP contribution in [0.5, 0.6) is 0 Å². The summed E-state index contributed by atoms with van der Waals surface area (Å²) in [6.45, 7) is 1.61. The van der Waals surface area contributed by atoms with Crippen molar-refractivity contribution in [1.82, 2.24) is 25.7 Å². The van der Waals surface area contributed by atoms with Crippen molar-refractivity contribution in [2.24, 2.45) is 7.05 Å². The van der Waals surface area contributed by atoms with Crippen LogP contribution in [-0.4, -0.2) is 34.7 Å². The van der Waals surface area contributed by atoms with Crippen LogP contribution in [0.25, 0.3) is 0 Å². The van der Waals surface area contributed by atoms with Crippen molar-refractivity contribution in [2.45, 2.75) is 18.5 Å². The molecular weight excluding hydrogens is 372 g/mol. The number of carbonyl (C=O) groups is 3. The maximum atomic E-state index is 12.6. The summed E-state index contributed by atoms with van der Waals surface area (Å²) in [7, 11) is 3.46. The van der Waals surface area contributed by atoms with Crippen molar-refractivity contribution in [2.75, 3.05) is 12.4 Å². The van der Waals surface area contributed by atoms with Crippen LogP contribution in [0.3, 0.4) is 0 Å². The molecule has 2 unspecified atom stereocenters. The Morgan fingerprint density at radius 1 is 1.33 bits per heavy atom. The third-order valence-electron chi connectivity index (χ3n) is 4.36. The average molecular weight is 393 g/mol. The highest BCUT2D eigenvalue weighted by molar-refractivity contribution is 6.07. The second kappa shape index (κ2) is 7.77. The largest absolute Gasteiger partial charge is 0.324 e. The van der Waals surface area contributed by atoms with Gasteiger partial charge in [-0.25, -0.2) is 4.79 Å². The van der Waals surface area contributed by atoms with E-state index in [1.54, 1.807) is 62.4 Å². The van der Waals surface area contributed by atoms with E-state index in [1.165, 1.54) is 0 Å². The van der Waals surface area contributed by atoms with Gasteiger partial charge in [0.2, 0.25) is 5.91 Å². The smallest absolute Gasteiger partial charge is 0.322 e. The number of halogens is 1. The van der Waals surface area contributed by atoms with Crippen LogP contribution in [0.2, 0.25) is 0 Å². The molecule has 2 atom stereocenters. The Hall–Kier alpha value is -2.91. The summed E-state index contributed by atoms with van der Waals surface area (Å²) in [5.74, 6) is -0.697. The first kappa shape index (κ1) is 20.4. The standard InChI is InChI=1S/C17H20N6O3.ClH/c1-17(15(25)21-16(26)22-17)11-5-4-6-12(7-11)20-14(24)13(18-2)10-8-19-23(3)9-10;/h4-9,13,18H,1-3H3,(H,20,24)(H2,21,22,25,26);1H. The zero-order chi connectivity index (χ0) is 18.9. The van der Waals surface area contributed by atoms with E-state index in [4.69, 9.17) is 0 Å². The number of urea groups is 1. The first-order valence-corrected chi connectivity index (χ1v) is 8.04. The van der Waals surface area contributed by atoms with Crippen molar-refractivity contribution >= 4 is 35.9 Å². The first-order chi connectivity index (χ1) is 12.3. The SMILES string of the molecule is CNC(C(=O)Nc1cccc(C2(C)NC(=O)NC2=O)c1)c1cnn(C)c1.Cl. The predicted molar refractivity (Wildman–Crippen MR) is 101 cm³/mol. The van der Waals surface area contributed by atoms with Crippen LogP contribution >= 0.6 is 12.4 Å². The van der Waals surface area contributed by atoms with Gasteiger partial charge >= 0.3 is 6.03 Å². The lowest BCUT2D eigenvalue weighted by Crippen LogP contribution is -2.40. The molecule has 9 nitrogen and oxygen atoms in total. The number of aryl methyl sites for hydroxylation is 1. The van der Waals surface area contributed by atoms with Crippen molar-refractivity contribution in [3.05, 3.63) is 47.8 Å². The quantitative estimate of drug-likeness (QED) is 0.561. The molecule has 1 saturated heterocycles. The highest BCUT2D eigenvalue weighted by atomic mass is 35.5. The molecule has 0 radical (unpaired) electrons. The number of aromatic nitrogens is 2. The number of imide groups is 1. The number of amides is 4. The predicted octanol–water partition coefficient (Wildman–Crippen LogP) is 0.796. The molecule has 2 heterocycles. The Balaban J connectivity index is 0.00000261. The summed E-state index contributed by atoms with van der Waals surface area (Å²) < 4.78 is 1.62. The zero-order valence-corrected chi connectivity index (χ0v) is 15.9. The minimum absolute atomic E-state index is 0. The van der Waals surface area contributed by atoms with Crippen molar-refractivity contribution in [1.29, 1.82) is 0 Å². The molecule has 1 aliphatic heterocycles. The molecule has 0 bridgehead atoms. The summed E-state index contributed by atoms with van der Waals surface area (Å²) in [4.78, 5) is 36.2. The fourth-order valence-corrected chi connectivity index (χ4v) is 2.91. The van der Waals surface area contributed by atoms with Crippen LogP contribution in [0.4, 0.5) is 10.5 Å². The molecule has 0 spiro atoms. The van der Waals surface area contributed by atoms with Gasteiger partial charge in [-0.15, -0.1) is 12.4 Å². The van der Waals surface area contributed by atoms with Crippen molar-refractivity contribution in [3.63, 3.8) is 0 Å². The van der Waals surface area contributed by atoms with Gasteiger partial charge in [0.1, 0.15) is 11.6 Å². The van der Waals surface area contributed by atoms with Gasteiger partial charge in [0.25, 0.3) is 5.91 Å². The maximum Gasteiger partial charge on any atom is 0.322 e. The Morgan fingerprint density at radius 3 is 2.63 bits per heavy atom. The van der Waals surface area contributed by atoms with Gasteiger partial charge in [0, 0.05) is 24.5 Å². The number of nitrogens with one attached hydrogen (secondary N) is 4. The molecule has 27 heavy (non-hydrogen) atoms. The van der Waals surface area contributed by atoms with Gasteiger partial charge in [0.15, 0.2) is 0 Å². The van der Waals surface area contributed by atoms with Crippen LogP contribution < -0.4 is 21.3 Å². The van der Waals surface area contributed by atoms with E-state index < -0.39 is 23.5 Å². The third-order valence-corrected chi connectivity index (χ3v) is 4.36. The van der Waals surface area contributed by atoms with Crippen molar-refractivity contribution < 1.29 is 14.4 Å². The van der Waals surface area contributed by atoms with E-state index in [1.807, 2.05) is 0 Å². The third kappa shape index (κ3) is 3.93. The van der Waals surface area contributed by atoms with Crippen molar-refractivity contribution in [3.8, 4) is 0 Å². The summed E-state index contributed by atoms with van der Waals surface area (Å²) in [6.07, 6.45) is 3.38. The Kier molecular flexibility index (Phi) is 5.87. The minimum Gasteiger partial charge on any atom is -0.324 e. The number of rotatable bonds is 5. The molecule has 1 aromatic carbocycles. The Morgan fingerprint density at radius 2 is 2.07 bits per heavy atom. The van der Waals surface area contributed by atoms with Gasteiger partial charge in [0.05, 0.1) is 6.20 Å². The molecule has 1 aliphatic rings. The number of likely N-dealkylation sites (N-methyl/N-ethyl adjacent to an activating group) is 1. The Bertz CT molecular complexity index is 883. The van der Waals surface area contributed by atoms with E-state index in [0.29, 0.717) is 11.3 Å². The molecule has 4 N–H and O–H groups in total. The van der Waals surface area contributed by atoms with Gasteiger partial charge in [-0.2, -0.15) is 5.10 Å². The molecule has 2 aromatic rings. The summed E-state index contributed by atoms with van der Waals surface area (Å²) >= 11 is 0. The number of carbonyl (C=O) groups excluding carboxylic acids is 3. The molecule has 1 aromatic heterocycles.